The lowest BCUT2D eigenvalue weighted by Gasteiger charge is -2.16. The monoisotopic (exact) mass is 353 g/mol. The fraction of sp³-hybridized carbons (Fsp3) is 0.905. The third-order valence-corrected chi connectivity index (χ3v) is 5.07. The van der Waals surface area contributed by atoms with Gasteiger partial charge in [0.15, 0.2) is 0 Å². The summed E-state index contributed by atoms with van der Waals surface area (Å²) >= 11 is 0. The first-order valence-corrected chi connectivity index (χ1v) is 10.6. The number of carbonyl (C=O) groups excluding carboxylic acids is 2. The molecule has 1 heterocycles. The maximum absolute atomic E-state index is 12.1. The standard InChI is InChI=1S/C21H39NO3/c1-3-5-7-9-11-13-15-22-18-19(17-20(22)23)21(24)25-16-14-12-10-8-6-4-2/h19H,3-18H2,1-2H3. The number of carbonyl (C=O) groups is 2. The Hall–Kier alpha value is -1.06. The first kappa shape index (κ1) is 22.0. The van der Waals surface area contributed by atoms with E-state index in [1.54, 1.807) is 0 Å². The maximum Gasteiger partial charge on any atom is 0.311 e. The summed E-state index contributed by atoms with van der Waals surface area (Å²) in [4.78, 5) is 26.0. The highest BCUT2D eigenvalue weighted by atomic mass is 16.5. The van der Waals surface area contributed by atoms with Gasteiger partial charge in [-0.2, -0.15) is 0 Å². The number of esters is 1. The van der Waals surface area contributed by atoms with Gasteiger partial charge in [-0.15, -0.1) is 0 Å². The summed E-state index contributed by atoms with van der Waals surface area (Å²) in [6.07, 6.45) is 14.8. The molecule has 4 heteroatoms. The normalized spacial score (nSPS) is 17.3. The average Bonchev–Trinajstić information content (AvgIpc) is 2.98. The highest BCUT2D eigenvalue weighted by Crippen LogP contribution is 2.20. The molecule has 0 aliphatic carbocycles. The van der Waals surface area contributed by atoms with E-state index >= 15 is 0 Å². The molecule has 0 aromatic carbocycles. The quantitative estimate of drug-likeness (QED) is 0.304. The lowest BCUT2D eigenvalue weighted by Crippen LogP contribution is -2.27. The van der Waals surface area contributed by atoms with E-state index in [2.05, 4.69) is 13.8 Å². The largest absolute Gasteiger partial charge is 0.465 e. The molecular formula is C21H39NO3. The minimum absolute atomic E-state index is 0.120. The van der Waals surface area contributed by atoms with E-state index in [0.29, 0.717) is 19.6 Å². The van der Waals surface area contributed by atoms with Gasteiger partial charge in [-0.25, -0.2) is 0 Å². The smallest absolute Gasteiger partial charge is 0.311 e. The van der Waals surface area contributed by atoms with Crippen LogP contribution in [-0.4, -0.2) is 36.5 Å². The van der Waals surface area contributed by atoms with Crippen LogP contribution in [0.5, 0.6) is 0 Å². The Balaban J connectivity index is 2.08. The van der Waals surface area contributed by atoms with Crippen LogP contribution < -0.4 is 0 Å². The molecule has 25 heavy (non-hydrogen) atoms. The van der Waals surface area contributed by atoms with Gasteiger partial charge in [0.25, 0.3) is 0 Å². The molecule has 1 unspecified atom stereocenters. The molecule has 0 spiro atoms. The Morgan fingerprint density at radius 2 is 1.48 bits per heavy atom. The van der Waals surface area contributed by atoms with Gasteiger partial charge < -0.3 is 9.64 Å². The van der Waals surface area contributed by atoms with Gasteiger partial charge in [0.05, 0.1) is 12.5 Å². The van der Waals surface area contributed by atoms with Gasteiger partial charge >= 0.3 is 5.97 Å². The minimum atomic E-state index is -0.243. The van der Waals surface area contributed by atoms with Crippen LogP contribution in [0.15, 0.2) is 0 Å². The van der Waals surface area contributed by atoms with E-state index in [-0.39, 0.29) is 17.8 Å². The molecule has 0 bridgehead atoms. The number of ether oxygens (including phenoxy) is 1. The highest BCUT2D eigenvalue weighted by molar-refractivity contribution is 5.86. The Kier molecular flexibility index (Phi) is 12.4. The summed E-state index contributed by atoms with van der Waals surface area (Å²) in [5.41, 5.74) is 0. The molecule has 0 radical (unpaired) electrons. The molecule has 0 aromatic heterocycles. The number of hydrogen-bond acceptors (Lipinski definition) is 3. The molecule has 146 valence electrons. The molecular weight excluding hydrogens is 314 g/mol. The van der Waals surface area contributed by atoms with Gasteiger partial charge in [0.1, 0.15) is 0 Å². The van der Waals surface area contributed by atoms with Crippen LogP contribution >= 0.6 is 0 Å². The van der Waals surface area contributed by atoms with Crippen LogP contribution in [0.4, 0.5) is 0 Å². The molecule has 1 aliphatic heterocycles. The number of rotatable bonds is 15. The molecule has 1 rings (SSSR count). The molecule has 1 fully saturated rings. The predicted molar refractivity (Wildman–Crippen MR) is 102 cm³/mol. The van der Waals surface area contributed by atoms with Crippen LogP contribution in [0.25, 0.3) is 0 Å². The van der Waals surface area contributed by atoms with E-state index in [1.165, 1.54) is 57.8 Å². The van der Waals surface area contributed by atoms with Gasteiger partial charge in [-0.3, -0.25) is 9.59 Å². The van der Waals surface area contributed by atoms with E-state index < -0.39 is 0 Å². The number of amides is 1. The molecule has 4 nitrogen and oxygen atoms in total. The van der Waals surface area contributed by atoms with Crippen molar-refractivity contribution < 1.29 is 14.3 Å². The molecule has 0 saturated carbocycles. The first-order valence-electron chi connectivity index (χ1n) is 10.6. The number of hydrogen-bond donors (Lipinski definition) is 0. The summed E-state index contributed by atoms with van der Waals surface area (Å²) < 4.78 is 5.38. The maximum atomic E-state index is 12.1. The van der Waals surface area contributed by atoms with Crippen molar-refractivity contribution in [3.63, 3.8) is 0 Å². The number of unbranched alkanes of at least 4 members (excludes halogenated alkanes) is 10. The second-order valence-corrected chi connectivity index (χ2v) is 7.44. The topological polar surface area (TPSA) is 46.6 Å². The lowest BCUT2D eigenvalue weighted by atomic mass is 10.1. The summed E-state index contributed by atoms with van der Waals surface area (Å²) in [5.74, 6) is -0.296. The van der Waals surface area contributed by atoms with Crippen molar-refractivity contribution in [2.45, 2.75) is 97.3 Å². The van der Waals surface area contributed by atoms with Crippen molar-refractivity contribution in [3.05, 3.63) is 0 Å². The van der Waals surface area contributed by atoms with Crippen LogP contribution in [-0.2, 0) is 14.3 Å². The molecule has 1 saturated heterocycles. The second-order valence-electron chi connectivity index (χ2n) is 7.44. The molecule has 1 aliphatic rings. The third-order valence-electron chi connectivity index (χ3n) is 5.07. The van der Waals surface area contributed by atoms with Gasteiger partial charge in [0.2, 0.25) is 5.91 Å². The number of likely N-dealkylation sites (tertiary alicyclic amines) is 1. The summed E-state index contributed by atoms with van der Waals surface area (Å²) in [5, 5.41) is 0. The fourth-order valence-corrected chi connectivity index (χ4v) is 3.40. The zero-order valence-corrected chi connectivity index (χ0v) is 16.6. The fourth-order valence-electron chi connectivity index (χ4n) is 3.40. The molecule has 1 atom stereocenters. The van der Waals surface area contributed by atoms with E-state index in [4.69, 9.17) is 4.74 Å². The third kappa shape index (κ3) is 9.86. The van der Waals surface area contributed by atoms with Crippen LogP contribution in [0.1, 0.15) is 97.3 Å². The lowest BCUT2D eigenvalue weighted by molar-refractivity contribution is -0.148. The zero-order valence-electron chi connectivity index (χ0n) is 16.6. The molecule has 1 amide bonds. The van der Waals surface area contributed by atoms with E-state index in [9.17, 15) is 9.59 Å². The zero-order chi connectivity index (χ0) is 18.3. The van der Waals surface area contributed by atoms with Gasteiger partial charge in [-0.05, 0) is 12.8 Å². The summed E-state index contributed by atoms with van der Waals surface area (Å²) in [7, 11) is 0. The van der Waals surface area contributed by atoms with Crippen molar-refractivity contribution in [3.8, 4) is 0 Å². The first-order chi connectivity index (χ1) is 12.2. The van der Waals surface area contributed by atoms with Crippen LogP contribution in [0, 0.1) is 5.92 Å². The van der Waals surface area contributed by atoms with Gasteiger partial charge in [0, 0.05) is 19.5 Å². The summed E-state index contributed by atoms with van der Waals surface area (Å²) in [6.45, 7) is 6.29. The highest BCUT2D eigenvalue weighted by Gasteiger charge is 2.34. The predicted octanol–water partition coefficient (Wildman–Crippen LogP) is 5.10. The van der Waals surface area contributed by atoms with Crippen molar-refractivity contribution in [1.82, 2.24) is 4.90 Å². The van der Waals surface area contributed by atoms with Crippen molar-refractivity contribution in [1.29, 1.82) is 0 Å². The second kappa shape index (κ2) is 14.1. The Bertz CT molecular complexity index is 370. The van der Waals surface area contributed by atoms with Crippen molar-refractivity contribution in [2.24, 2.45) is 5.92 Å². The molecule has 0 aromatic rings. The Morgan fingerprint density at radius 3 is 2.12 bits per heavy atom. The molecule has 0 N–H and O–H groups in total. The van der Waals surface area contributed by atoms with Gasteiger partial charge in [-0.1, -0.05) is 78.1 Å². The van der Waals surface area contributed by atoms with Crippen molar-refractivity contribution in [2.75, 3.05) is 19.7 Å². The average molecular weight is 354 g/mol. The van der Waals surface area contributed by atoms with E-state index in [0.717, 1.165) is 25.8 Å². The Labute approximate surface area is 154 Å². The van der Waals surface area contributed by atoms with E-state index in [1.807, 2.05) is 4.90 Å². The van der Waals surface area contributed by atoms with Crippen molar-refractivity contribution >= 4 is 11.9 Å². The number of nitrogens with zero attached hydrogens (tertiary/aromatic N) is 1. The SMILES string of the molecule is CCCCCCCCOC(=O)C1CC(=O)N(CCCCCCCC)C1. The summed E-state index contributed by atoms with van der Waals surface area (Å²) in [6, 6.07) is 0. The van der Waals surface area contributed by atoms with Crippen LogP contribution in [0.2, 0.25) is 0 Å². The Morgan fingerprint density at radius 1 is 0.920 bits per heavy atom. The minimum Gasteiger partial charge on any atom is -0.465 e. The van der Waals surface area contributed by atoms with Crippen LogP contribution in [0.3, 0.4) is 0 Å².